The SMILES string of the molecule is N[C@H]1CCCN(C(=O)c2cccc(C(=O)O)n2)C1. The molecular formula is C12H15N3O3. The second-order valence-corrected chi connectivity index (χ2v) is 4.37. The number of likely N-dealkylation sites (tertiary alicyclic amines) is 1. The molecule has 0 radical (unpaired) electrons. The lowest BCUT2D eigenvalue weighted by Gasteiger charge is -2.30. The smallest absolute Gasteiger partial charge is 0.354 e. The number of rotatable bonds is 2. The number of carboxylic acids is 1. The van der Waals surface area contributed by atoms with Crippen LogP contribution in [0.15, 0.2) is 18.2 Å². The Bertz CT molecular complexity index is 475. The number of pyridine rings is 1. The Morgan fingerprint density at radius 1 is 1.39 bits per heavy atom. The molecule has 1 atom stereocenters. The average Bonchev–Trinajstić information content (AvgIpc) is 2.38. The van der Waals surface area contributed by atoms with E-state index in [1.165, 1.54) is 18.2 Å². The van der Waals surface area contributed by atoms with E-state index in [4.69, 9.17) is 10.8 Å². The molecule has 3 N–H and O–H groups in total. The standard InChI is InChI=1S/C12H15N3O3/c13-8-3-2-6-15(7-8)11(16)9-4-1-5-10(14-9)12(17)18/h1,4-5,8H,2-3,6-7,13H2,(H,17,18)/t8-/m0/s1. The molecule has 0 aromatic carbocycles. The van der Waals surface area contributed by atoms with Crippen molar-refractivity contribution in [3.63, 3.8) is 0 Å². The molecule has 0 bridgehead atoms. The molecule has 1 amide bonds. The van der Waals surface area contributed by atoms with E-state index in [0.717, 1.165) is 12.8 Å². The normalized spacial score (nSPS) is 19.6. The summed E-state index contributed by atoms with van der Waals surface area (Å²) in [6, 6.07) is 4.40. The summed E-state index contributed by atoms with van der Waals surface area (Å²) in [7, 11) is 0. The molecule has 1 saturated heterocycles. The minimum absolute atomic E-state index is 0.00893. The number of aromatic carboxylic acids is 1. The molecule has 0 spiro atoms. The van der Waals surface area contributed by atoms with Gasteiger partial charge in [0.15, 0.2) is 0 Å². The van der Waals surface area contributed by atoms with Crippen LogP contribution < -0.4 is 5.73 Å². The Morgan fingerprint density at radius 2 is 2.11 bits per heavy atom. The van der Waals surface area contributed by atoms with E-state index >= 15 is 0 Å². The van der Waals surface area contributed by atoms with E-state index in [1.807, 2.05) is 0 Å². The Labute approximate surface area is 104 Å². The quantitative estimate of drug-likeness (QED) is 0.788. The van der Waals surface area contributed by atoms with Crippen LogP contribution in [0.2, 0.25) is 0 Å². The number of carbonyl (C=O) groups excluding carboxylic acids is 1. The van der Waals surface area contributed by atoms with Crippen molar-refractivity contribution in [1.82, 2.24) is 9.88 Å². The van der Waals surface area contributed by atoms with E-state index in [-0.39, 0.29) is 23.3 Å². The highest BCUT2D eigenvalue weighted by Gasteiger charge is 2.23. The third-order valence-electron chi connectivity index (χ3n) is 2.93. The van der Waals surface area contributed by atoms with Gasteiger partial charge in [-0.25, -0.2) is 9.78 Å². The highest BCUT2D eigenvalue weighted by molar-refractivity contribution is 5.94. The number of carboxylic acid groups (broad SMARTS) is 1. The summed E-state index contributed by atoms with van der Waals surface area (Å²) in [4.78, 5) is 28.4. The van der Waals surface area contributed by atoms with Gasteiger partial charge >= 0.3 is 5.97 Å². The zero-order chi connectivity index (χ0) is 13.1. The first-order valence-electron chi connectivity index (χ1n) is 5.83. The van der Waals surface area contributed by atoms with Crippen LogP contribution in [0.4, 0.5) is 0 Å². The van der Waals surface area contributed by atoms with Crippen LogP contribution in [0.5, 0.6) is 0 Å². The van der Waals surface area contributed by atoms with Crippen molar-refractivity contribution < 1.29 is 14.7 Å². The molecule has 1 aromatic heterocycles. The van der Waals surface area contributed by atoms with Gasteiger partial charge < -0.3 is 15.7 Å². The predicted octanol–water partition coefficient (Wildman–Crippen LogP) is 0.343. The molecule has 2 heterocycles. The molecule has 18 heavy (non-hydrogen) atoms. The van der Waals surface area contributed by atoms with Gasteiger partial charge in [-0.3, -0.25) is 4.79 Å². The van der Waals surface area contributed by atoms with Crippen LogP contribution in [-0.2, 0) is 0 Å². The number of hydrogen-bond acceptors (Lipinski definition) is 4. The summed E-state index contributed by atoms with van der Waals surface area (Å²) in [6.45, 7) is 1.14. The summed E-state index contributed by atoms with van der Waals surface area (Å²) < 4.78 is 0. The third kappa shape index (κ3) is 2.65. The van der Waals surface area contributed by atoms with Crippen LogP contribution in [0.25, 0.3) is 0 Å². The first kappa shape index (κ1) is 12.5. The monoisotopic (exact) mass is 249 g/mol. The van der Waals surface area contributed by atoms with Crippen molar-refractivity contribution in [2.24, 2.45) is 5.73 Å². The van der Waals surface area contributed by atoms with Crippen molar-refractivity contribution in [2.45, 2.75) is 18.9 Å². The van der Waals surface area contributed by atoms with Gasteiger partial charge in [0.2, 0.25) is 0 Å². The van der Waals surface area contributed by atoms with Gasteiger partial charge in [-0.05, 0) is 25.0 Å². The summed E-state index contributed by atoms with van der Waals surface area (Å²) in [6.07, 6.45) is 1.78. The predicted molar refractivity (Wildman–Crippen MR) is 64.3 cm³/mol. The first-order valence-corrected chi connectivity index (χ1v) is 5.83. The zero-order valence-corrected chi connectivity index (χ0v) is 9.87. The molecule has 1 aliphatic heterocycles. The molecule has 0 saturated carbocycles. The maximum Gasteiger partial charge on any atom is 0.354 e. The molecule has 0 aliphatic carbocycles. The van der Waals surface area contributed by atoms with E-state index in [9.17, 15) is 9.59 Å². The molecule has 1 fully saturated rings. The molecular weight excluding hydrogens is 234 g/mol. The van der Waals surface area contributed by atoms with Crippen molar-refractivity contribution >= 4 is 11.9 Å². The maximum atomic E-state index is 12.1. The van der Waals surface area contributed by atoms with Gasteiger partial charge in [0.1, 0.15) is 11.4 Å². The minimum Gasteiger partial charge on any atom is -0.477 e. The Morgan fingerprint density at radius 3 is 2.78 bits per heavy atom. The lowest BCUT2D eigenvalue weighted by Crippen LogP contribution is -2.46. The third-order valence-corrected chi connectivity index (χ3v) is 2.93. The Balaban J connectivity index is 2.17. The summed E-state index contributed by atoms with van der Waals surface area (Å²) in [5, 5.41) is 8.84. The van der Waals surface area contributed by atoms with Crippen LogP contribution in [-0.4, -0.2) is 46.0 Å². The van der Waals surface area contributed by atoms with Gasteiger partial charge in [0, 0.05) is 19.1 Å². The van der Waals surface area contributed by atoms with Gasteiger partial charge in [-0.2, -0.15) is 0 Å². The fourth-order valence-electron chi connectivity index (χ4n) is 2.03. The van der Waals surface area contributed by atoms with E-state index in [1.54, 1.807) is 4.90 Å². The number of carbonyl (C=O) groups is 2. The number of amides is 1. The van der Waals surface area contributed by atoms with Crippen molar-refractivity contribution in [1.29, 1.82) is 0 Å². The summed E-state index contributed by atoms with van der Waals surface area (Å²) in [5.74, 6) is -1.40. The number of hydrogen-bond donors (Lipinski definition) is 2. The zero-order valence-electron chi connectivity index (χ0n) is 9.87. The molecule has 96 valence electrons. The maximum absolute atomic E-state index is 12.1. The highest BCUT2D eigenvalue weighted by Crippen LogP contribution is 2.12. The van der Waals surface area contributed by atoms with Gasteiger partial charge in [-0.1, -0.05) is 6.07 Å². The van der Waals surface area contributed by atoms with E-state index in [0.29, 0.717) is 13.1 Å². The highest BCUT2D eigenvalue weighted by atomic mass is 16.4. The minimum atomic E-state index is -1.14. The Kier molecular flexibility index (Phi) is 3.57. The topological polar surface area (TPSA) is 96.5 Å². The fourth-order valence-corrected chi connectivity index (χ4v) is 2.03. The summed E-state index contributed by atoms with van der Waals surface area (Å²) in [5.41, 5.74) is 5.84. The van der Waals surface area contributed by atoms with Gasteiger partial charge in [0.05, 0.1) is 0 Å². The number of nitrogens with two attached hydrogens (primary N) is 1. The van der Waals surface area contributed by atoms with Crippen LogP contribution in [0.1, 0.15) is 33.8 Å². The lowest BCUT2D eigenvalue weighted by molar-refractivity contribution is 0.0687. The molecule has 0 unspecified atom stereocenters. The second kappa shape index (κ2) is 5.14. The number of aromatic nitrogens is 1. The number of nitrogens with zero attached hydrogens (tertiary/aromatic N) is 2. The molecule has 1 aliphatic rings. The van der Waals surface area contributed by atoms with Crippen LogP contribution in [0.3, 0.4) is 0 Å². The van der Waals surface area contributed by atoms with Gasteiger partial charge in [-0.15, -0.1) is 0 Å². The fraction of sp³-hybridized carbons (Fsp3) is 0.417. The molecule has 6 heteroatoms. The first-order chi connectivity index (χ1) is 8.58. The lowest BCUT2D eigenvalue weighted by atomic mass is 10.1. The van der Waals surface area contributed by atoms with Crippen molar-refractivity contribution in [3.8, 4) is 0 Å². The number of piperidine rings is 1. The van der Waals surface area contributed by atoms with Crippen LogP contribution >= 0.6 is 0 Å². The average molecular weight is 249 g/mol. The van der Waals surface area contributed by atoms with E-state index in [2.05, 4.69) is 4.98 Å². The van der Waals surface area contributed by atoms with Gasteiger partial charge in [0.25, 0.3) is 5.91 Å². The molecule has 1 aromatic rings. The molecule has 6 nitrogen and oxygen atoms in total. The molecule has 2 rings (SSSR count). The van der Waals surface area contributed by atoms with E-state index < -0.39 is 5.97 Å². The van der Waals surface area contributed by atoms with Crippen LogP contribution in [0, 0.1) is 0 Å². The van der Waals surface area contributed by atoms with Crippen molar-refractivity contribution in [2.75, 3.05) is 13.1 Å². The largest absolute Gasteiger partial charge is 0.477 e. The van der Waals surface area contributed by atoms with Crippen molar-refractivity contribution in [3.05, 3.63) is 29.6 Å². The Hall–Kier alpha value is -1.95. The second-order valence-electron chi connectivity index (χ2n) is 4.37. The summed E-state index contributed by atoms with van der Waals surface area (Å²) >= 11 is 0.